The van der Waals surface area contributed by atoms with Gasteiger partial charge in [-0.15, -0.1) is 0 Å². The number of halogens is 1. The molecule has 1 aliphatic carbocycles. The van der Waals surface area contributed by atoms with Crippen LogP contribution in [-0.4, -0.2) is 28.6 Å². The smallest absolute Gasteiger partial charge is 0.100 e. The lowest BCUT2D eigenvalue weighted by atomic mass is 10.0. The Morgan fingerprint density at radius 2 is 2.35 bits per heavy atom. The molecule has 1 heterocycles. The zero-order chi connectivity index (χ0) is 12.6. The maximum atomic E-state index is 10.4. The number of aromatic nitrogens is 2. The number of aliphatic hydroxyl groups is 1. The summed E-state index contributed by atoms with van der Waals surface area (Å²) in [4.78, 5) is 0. The van der Waals surface area contributed by atoms with E-state index in [-0.39, 0.29) is 5.41 Å². The Bertz CT molecular complexity index is 403. The van der Waals surface area contributed by atoms with Crippen LogP contribution in [-0.2, 0) is 11.3 Å². The molecule has 0 amide bonds. The average molecular weight is 303 g/mol. The van der Waals surface area contributed by atoms with Gasteiger partial charge in [-0.2, -0.15) is 5.10 Å². The van der Waals surface area contributed by atoms with E-state index >= 15 is 0 Å². The summed E-state index contributed by atoms with van der Waals surface area (Å²) in [6.07, 6.45) is 2.36. The SMILES string of the molecule is COCCn1ncc(Br)c1C(O)C1CC1(C)C. The van der Waals surface area contributed by atoms with E-state index < -0.39 is 6.10 Å². The second kappa shape index (κ2) is 4.71. The van der Waals surface area contributed by atoms with E-state index in [9.17, 15) is 5.11 Å². The number of methoxy groups -OCH3 is 1. The largest absolute Gasteiger partial charge is 0.386 e. The first-order valence-corrected chi connectivity index (χ1v) is 6.65. The molecule has 1 aliphatic rings. The summed E-state index contributed by atoms with van der Waals surface area (Å²) in [5, 5.41) is 14.7. The van der Waals surface area contributed by atoms with Gasteiger partial charge in [-0.3, -0.25) is 4.68 Å². The minimum absolute atomic E-state index is 0.245. The molecule has 0 radical (unpaired) electrons. The van der Waals surface area contributed by atoms with Crippen molar-refractivity contribution in [2.75, 3.05) is 13.7 Å². The topological polar surface area (TPSA) is 47.3 Å². The van der Waals surface area contributed by atoms with Crippen LogP contribution < -0.4 is 0 Å². The van der Waals surface area contributed by atoms with Crippen LogP contribution in [0.5, 0.6) is 0 Å². The van der Waals surface area contributed by atoms with Gasteiger partial charge in [-0.1, -0.05) is 13.8 Å². The van der Waals surface area contributed by atoms with Gasteiger partial charge in [0.15, 0.2) is 0 Å². The van der Waals surface area contributed by atoms with Crippen LogP contribution in [0.15, 0.2) is 10.7 Å². The van der Waals surface area contributed by atoms with E-state index in [1.54, 1.807) is 13.3 Å². The first-order valence-electron chi connectivity index (χ1n) is 5.85. The third-order valence-electron chi connectivity index (χ3n) is 3.59. The molecule has 1 fully saturated rings. The fraction of sp³-hybridized carbons (Fsp3) is 0.750. The van der Waals surface area contributed by atoms with E-state index in [1.807, 2.05) is 4.68 Å². The second-order valence-electron chi connectivity index (χ2n) is 5.34. The number of hydrogen-bond donors (Lipinski definition) is 1. The molecule has 1 aromatic heterocycles. The Labute approximate surface area is 110 Å². The molecule has 0 aliphatic heterocycles. The van der Waals surface area contributed by atoms with E-state index in [4.69, 9.17) is 4.74 Å². The van der Waals surface area contributed by atoms with Gasteiger partial charge >= 0.3 is 0 Å². The first kappa shape index (κ1) is 13.1. The summed E-state index contributed by atoms with van der Waals surface area (Å²) in [6.45, 7) is 5.64. The maximum absolute atomic E-state index is 10.4. The van der Waals surface area contributed by atoms with Crippen LogP contribution in [0.3, 0.4) is 0 Å². The van der Waals surface area contributed by atoms with Crippen molar-refractivity contribution in [3.63, 3.8) is 0 Å². The minimum Gasteiger partial charge on any atom is -0.386 e. The predicted octanol–water partition coefficient (Wildman–Crippen LogP) is 2.37. The van der Waals surface area contributed by atoms with Crippen LogP contribution in [0.1, 0.15) is 32.1 Å². The van der Waals surface area contributed by atoms with Crippen molar-refractivity contribution in [1.29, 1.82) is 0 Å². The number of hydrogen-bond acceptors (Lipinski definition) is 3. The Balaban J connectivity index is 2.16. The van der Waals surface area contributed by atoms with Crippen LogP contribution >= 0.6 is 15.9 Å². The molecular weight excluding hydrogens is 284 g/mol. The highest BCUT2D eigenvalue weighted by Crippen LogP contribution is 2.58. The summed E-state index contributed by atoms with van der Waals surface area (Å²) in [5.41, 5.74) is 1.12. The highest BCUT2D eigenvalue weighted by molar-refractivity contribution is 9.10. The van der Waals surface area contributed by atoms with E-state index in [0.29, 0.717) is 19.1 Å². The van der Waals surface area contributed by atoms with Crippen molar-refractivity contribution in [1.82, 2.24) is 9.78 Å². The molecule has 2 unspecified atom stereocenters. The monoisotopic (exact) mass is 302 g/mol. The highest BCUT2D eigenvalue weighted by atomic mass is 79.9. The number of aliphatic hydroxyl groups excluding tert-OH is 1. The summed E-state index contributed by atoms with van der Waals surface area (Å²) in [6, 6.07) is 0. The molecule has 96 valence electrons. The third kappa shape index (κ3) is 2.56. The first-order chi connectivity index (χ1) is 7.97. The Morgan fingerprint density at radius 1 is 1.71 bits per heavy atom. The molecule has 1 saturated carbocycles. The van der Waals surface area contributed by atoms with Gasteiger partial charge < -0.3 is 9.84 Å². The van der Waals surface area contributed by atoms with Crippen LogP contribution in [0.25, 0.3) is 0 Å². The van der Waals surface area contributed by atoms with Crippen molar-refractivity contribution in [2.24, 2.45) is 11.3 Å². The lowest BCUT2D eigenvalue weighted by Gasteiger charge is -2.15. The summed E-state index contributed by atoms with van der Waals surface area (Å²) < 4.78 is 7.75. The Kier molecular flexibility index (Phi) is 3.61. The van der Waals surface area contributed by atoms with Gasteiger partial charge in [0.05, 0.1) is 29.5 Å². The molecule has 2 rings (SSSR count). The van der Waals surface area contributed by atoms with E-state index in [0.717, 1.165) is 16.6 Å². The predicted molar refractivity (Wildman–Crippen MR) is 68.7 cm³/mol. The van der Waals surface area contributed by atoms with Gasteiger partial charge in [-0.05, 0) is 33.7 Å². The normalized spacial score (nSPS) is 23.7. The van der Waals surface area contributed by atoms with Crippen LogP contribution in [0.2, 0.25) is 0 Å². The van der Waals surface area contributed by atoms with Gasteiger partial charge in [-0.25, -0.2) is 0 Å². The van der Waals surface area contributed by atoms with Crippen molar-refractivity contribution in [3.05, 3.63) is 16.4 Å². The lowest BCUT2D eigenvalue weighted by Crippen LogP contribution is -2.15. The summed E-state index contributed by atoms with van der Waals surface area (Å²) in [7, 11) is 1.67. The van der Waals surface area contributed by atoms with Crippen LogP contribution in [0.4, 0.5) is 0 Å². The molecule has 1 aromatic rings. The molecule has 0 saturated heterocycles. The maximum Gasteiger partial charge on any atom is 0.100 e. The van der Waals surface area contributed by atoms with Gasteiger partial charge in [0.25, 0.3) is 0 Å². The fourth-order valence-electron chi connectivity index (χ4n) is 2.26. The average Bonchev–Trinajstić information content (AvgIpc) is 2.75. The van der Waals surface area contributed by atoms with Crippen molar-refractivity contribution >= 4 is 15.9 Å². The fourth-order valence-corrected chi connectivity index (χ4v) is 2.79. The quantitative estimate of drug-likeness (QED) is 0.908. The summed E-state index contributed by atoms with van der Waals surface area (Å²) >= 11 is 3.46. The summed E-state index contributed by atoms with van der Waals surface area (Å²) in [5.74, 6) is 0.330. The van der Waals surface area contributed by atoms with E-state index in [2.05, 4.69) is 34.9 Å². The number of nitrogens with zero attached hydrogens (tertiary/aromatic N) is 2. The molecule has 4 nitrogen and oxygen atoms in total. The van der Waals surface area contributed by atoms with E-state index in [1.165, 1.54) is 0 Å². The molecule has 0 spiro atoms. The van der Waals surface area contributed by atoms with Gasteiger partial charge in [0.2, 0.25) is 0 Å². The Hall–Kier alpha value is -0.390. The molecule has 0 bridgehead atoms. The number of rotatable bonds is 5. The zero-order valence-corrected chi connectivity index (χ0v) is 12.1. The van der Waals surface area contributed by atoms with Gasteiger partial charge in [0.1, 0.15) is 6.10 Å². The van der Waals surface area contributed by atoms with Crippen molar-refractivity contribution < 1.29 is 9.84 Å². The number of ether oxygens (including phenoxy) is 1. The zero-order valence-electron chi connectivity index (χ0n) is 10.5. The van der Waals surface area contributed by atoms with Crippen molar-refractivity contribution in [2.45, 2.75) is 32.9 Å². The lowest BCUT2D eigenvalue weighted by molar-refractivity contribution is 0.122. The third-order valence-corrected chi connectivity index (χ3v) is 4.20. The molecule has 5 heteroatoms. The highest BCUT2D eigenvalue weighted by Gasteiger charge is 2.51. The van der Waals surface area contributed by atoms with Crippen LogP contribution in [0, 0.1) is 11.3 Å². The van der Waals surface area contributed by atoms with Crippen molar-refractivity contribution in [3.8, 4) is 0 Å². The molecule has 0 aromatic carbocycles. The van der Waals surface area contributed by atoms with Gasteiger partial charge in [0, 0.05) is 7.11 Å². The minimum atomic E-state index is -0.446. The molecule has 17 heavy (non-hydrogen) atoms. The standard InChI is InChI=1S/C12H19BrN2O2/c1-12(2)6-8(12)11(16)10-9(13)7-14-15(10)4-5-17-3/h7-8,11,16H,4-6H2,1-3H3. The second-order valence-corrected chi connectivity index (χ2v) is 6.19. The Morgan fingerprint density at radius 3 is 2.88 bits per heavy atom. The molecule has 1 N–H and O–H groups in total. The molecule has 2 atom stereocenters. The molecular formula is C12H19BrN2O2.